The van der Waals surface area contributed by atoms with Crippen LogP contribution in [-0.4, -0.2) is 37.9 Å². The van der Waals surface area contributed by atoms with E-state index in [2.05, 4.69) is 21.8 Å². The van der Waals surface area contributed by atoms with E-state index in [1.54, 1.807) is 18.7 Å². The van der Waals surface area contributed by atoms with Gasteiger partial charge in [-0.15, -0.1) is 0 Å². The van der Waals surface area contributed by atoms with Gasteiger partial charge in [0, 0.05) is 31.7 Å². The highest BCUT2D eigenvalue weighted by molar-refractivity contribution is 5.77. The van der Waals surface area contributed by atoms with Crippen molar-refractivity contribution >= 4 is 16.9 Å². The van der Waals surface area contributed by atoms with E-state index >= 15 is 0 Å². The molecule has 3 rings (SSSR count). The molecule has 2 aromatic heterocycles. The lowest BCUT2D eigenvalue weighted by atomic mass is 9.94. The molecule has 0 radical (unpaired) electrons. The number of rotatable bonds is 5. The number of hydrogen-bond acceptors (Lipinski definition) is 3. The zero-order valence-corrected chi connectivity index (χ0v) is 13.2. The molecule has 0 aliphatic heterocycles. The fourth-order valence-corrected chi connectivity index (χ4v) is 3.48. The first-order chi connectivity index (χ1) is 10.8. The van der Waals surface area contributed by atoms with Crippen LogP contribution in [0.4, 0.5) is 0 Å². The van der Waals surface area contributed by atoms with Crippen molar-refractivity contribution in [2.45, 2.75) is 58.0 Å². The molecule has 0 atom stereocenters. The molecule has 22 heavy (non-hydrogen) atoms. The van der Waals surface area contributed by atoms with Crippen LogP contribution in [0.15, 0.2) is 24.8 Å². The summed E-state index contributed by atoms with van der Waals surface area (Å²) in [6.45, 7) is 3.59. The number of carbonyl (C=O) groups excluding carboxylic acids is 1. The fraction of sp³-hybridized carbons (Fsp3) is 0.588. The average Bonchev–Trinajstić information content (AvgIpc) is 2.98. The van der Waals surface area contributed by atoms with E-state index < -0.39 is 0 Å². The summed E-state index contributed by atoms with van der Waals surface area (Å²) in [4.78, 5) is 23.1. The average molecular weight is 300 g/mol. The van der Waals surface area contributed by atoms with E-state index in [0.717, 1.165) is 17.6 Å². The van der Waals surface area contributed by atoms with E-state index in [4.69, 9.17) is 0 Å². The second-order valence-electron chi connectivity index (χ2n) is 6.02. The van der Waals surface area contributed by atoms with Gasteiger partial charge in [-0.05, 0) is 25.8 Å². The van der Waals surface area contributed by atoms with Crippen molar-refractivity contribution in [1.29, 1.82) is 0 Å². The Morgan fingerprint density at radius 3 is 2.95 bits per heavy atom. The lowest BCUT2D eigenvalue weighted by Crippen LogP contribution is -2.41. The predicted molar refractivity (Wildman–Crippen MR) is 86.4 cm³/mol. The Hall–Kier alpha value is -1.91. The molecule has 0 unspecified atom stereocenters. The number of nitrogens with zero attached hydrogens (tertiary/aromatic N) is 4. The molecule has 2 heterocycles. The Bertz CT molecular complexity index is 630. The van der Waals surface area contributed by atoms with Gasteiger partial charge in [-0.1, -0.05) is 19.3 Å². The van der Waals surface area contributed by atoms with Crippen LogP contribution in [0.1, 0.15) is 45.4 Å². The standard InChI is InChI=1S/C17H24N4O/c1-2-21(14-6-4-3-5-7-14)17(22)9-11-20-13-19-15-12-18-10-8-16(15)20/h8,10,12-14H,2-7,9,11H2,1H3. The minimum atomic E-state index is 0.269. The topological polar surface area (TPSA) is 51.0 Å². The first-order valence-electron chi connectivity index (χ1n) is 8.34. The van der Waals surface area contributed by atoms with Gasteiger partial charge in [-0.2, -0.15) is 0 Å². The summed E-state index contributed by atoms with van der Waals surface area (Å²) in [6.07, 6.45) is 12.0. The third-order valence-electron chi connectivity index (χ3n) is 4.67. The number of carbonyl (C=O) groups is 1. The highest BCUT2D eigenvalue weighted by Crippen LogP contribution is 2.23. The Balaban J connectivity index is 1.63. The summed E-state index contributed by atoms with van der Waals surface area (Å²) in [6, 6.07) is 2.40. The quantitative estimate of drug-likeness (QED) is 0.853. The van der Waals surface area contributed by atoms with Crippen molar-refractivity contribution < 1.29 is 4.79 Å². The van der Waals surface area contributed by atoms with Gasteiger partial charge in [0.1, 0.15) is 5.52 Å². The summed E-state index contributed by atoms with van der Waals surface area (Å²) in [5, 5.41) is 0. The zero-order chi connectivity index (χ0) is 15.4. The fourth-order valence-electron chi connectivity index (χ4n) is 3.48. The Labute approximate surface area is 131 Å². The largest absolute Gasteiger partial charge is 0.340 e. The maximum Gasteiger partial charge on any atom is 0.224 e. The zero-order valence-electron chi connectivity index (χ0n) is 13.2. The third kappa shape index (κ3) is 3.13. The second-order valence-corrected chi connectivity index (χ2v) is 6.02. The van der Waals surface area contributed by atoms with Gasteiger partial charge in [0.15, 0.2) is 0 Å². The maximum atomic E-state index is 12.6. The number of fused-ring (bicyclic) bond motifs is 1. The minimum Gasteiger partial charge on any atom is -0.340 e. The van der Waals surface area contributed by atoms with Crippen LogP contribution in [0.5, 0.6) is 0 Å². The molecule has 5 heteroatoms. The molecule has 1 saturated carbocycles. The van der Waals surface area contributed by atoms with Crippen LogP contribution in [0.2, 0.25) is 0 Å². The van der Waals surface area contributed by atoms with Crippen LogP contribution in [0.25, 0.3) is 11.0 Å². The molecule has 1 aliphatic rings. The van der Waals surface area contributed by atoms with Gasteiger partial charge in [0.25, 0.3) is 0 Å². The van der Waals surface area contributed by atoms with Gasteiger partial charge in [-0.3, -0.25) is 9.78 Å². The molecule has 5 nitrogen and oxygen atoms in total. The highest BCUT2D eigenvalue weighted by Gasteiger charge is 2.23. The molecule has 1 aliphatic carbocycles. The molecular weight excluding hydrogens is 276 g/mol. The van der Waals surface area contributed by atoms with E-state index in [0.29, 0.717) is 19.0 Å². The number of aromatic nitrogens is 3. The summed E-state index contributed by atoms with van der Waals surface area (Å²) < 4.78 is 2.05. The van der Waals surface area contributed by atoms with Gasteiger partial charge < -0.3 is 9.47 Å². The van der Waals surface area contributed by atoms with Crippen LogP contribution in [0.3, 0.4) is 0 Å². The summed E-state index contributed by atoms with van der Waals surface area (Å²) in [5.41, 5.74) is 1.93. The van der Waals surface area contributed by atoms with E-state index in [9.17, 15) is 4.79 Å². The smallest absolute Gasteiger partial charge is 0.224 e. The monoisotopic (exact) mass is 300 g/mol. The number of pyridine rings is 1. The predicted octanol–water partition coefficient (Wildman–Crippen LogP) is 3.00. The van der Waals surface area contributed by atoms with Gasteiger partial charge in [0.2, 0.25) is 5.91 Å². The summed E-state index contributed by atoms with van der Waals surface area (Å²) in [7, 11) is 0. The Kier molecular flexibility index (Phi) is 4.71. The normalized spacial score (nSPS) is 16.0. The molecular formula is C17H24N4O. The molecule has 0 saturated heterocycles. The molecule has 0 N–H and O–H groups in total. The minimum absolute atomic E-state index is 0.269. The third-order valence-corrected chi connectivity index (χ3v) is 4.67. The van der Waals surface area contributed by atoms with E-state index in [-0.39, 0.29) is 5.91 Å². The van der Waals surface area contributed by atoms with Crippen LogP contribution < -0.4 is 0 Å². The molecule has 118 valence electrons. The van der Waals surface area contributed by atoms with Crippen molar-refractivity contribution in [2.24, 2.45) is 0 Å². The van der Waals surface area contributed by atoms with Crippen LogP contribution in [-0.2, 0) is 11.3 Å². The molecule has 2 aromatic rings. The molecule has 0 aromatic carbocycles. The van der Waals surface area contributed by atoms with Gasteiger partial charge >= 0.3 is 0 Å². The Morgan fingerprint density at radius 1 is 1.36 bits per heavy atom. The highest BCUT2D eigenvalue weighted by atomic mass is 16.2. The van der Waals surface area contributed by atoms with Gasteiger partial charge in [-0.25, -0.2) is 4.98 Å². The number of hydrogen-bond donors (Lipinski definition) is 0. The van der Waals surface area contributed by atoms with E-state index in [1.807, 2.05) is 10.6 Å². The second kappa shape index (κ2) is 6.90. The van der Waals surface area contributed by atoms with Crippen molar-refractivity contribution in [3.8, 4) is 0 Å². The first kappa shape index (κ1) is 15.0. The number of imidazole rings is 1. The van der Waals surface area contributed by atoms with E-state index in [1.165, 1.54) is 32.1 Å². The lowest BCUT2D eigenvalue weighted by molar-refractivity contribution is -0.134. The molecule has 1 amide bonds. The van der Waals surface area contributed by atoms with Crippen molar-refractivity contribution in [3.63, 3.8) is 0 Å². The summed E-state index contributed by atoms with van der Waals surface area (Å²) in [5.74, 6) is 0.269. The van der Waals surface area contributed by atoms with Crippen molar-refractivity contribution in [1.82, 2.24) is 19.4 Å². The first-order valence-corrected chi connectivity index (χ1v) is 8.34. The molecule has 0 spiro atoms. The SMILES string of the molecule is CCN(C(=O)CCn1cnc2cnccc21)C1CCCCC1. The lowest BCUT2D eigenvalue weighted by Gasteiger charge is -2.33. The number of aryl methyl sites for hydroxylation is 1. The number of amides is 1. The maximum absolute atomic E-state index is 12.6. The van der Waals surface area contributed by atoms with Crippen LogP contribution >= 0.6 is 0 Å². The van der Waals surface area contributed by atoms with Gasteiger partial charge in [0.05, 0.1) is 18.0 Å². The Morgan fingerprint density at radius 2 is 2.18 bits per heavy atom. The van der Waals surface area contributed by atoms with Crippen molar-refractivity contribution in [2.75, 3.05) is 6.54 Å². The van der Waals surface area contributed by atoms with Crippen LogP contribution in [0, 0.1) is 0 Å². The summed E-state index contributed by atoms with van der Waals surface area (Å²) >= 11 is 0. The molecule has 0 bridgehead atoms. The van der Waals surface area contributed by atoms with Crippen molar-refractivity contribution in [3.05, 3.63) is 24.8 Å². The molecule has 1 fully saturated rings.